The Morgan fingerprint density at radius 2 is 2.25 bits per heavy atom. The zero-order valence-electron chi connectivity index (χ0n) is 6.15. The number of benzene rings is 1. The van der Waals surface area contributed by atoms with E-state index in [9.17, 15) is 4.91 Å². The summed E-state index contributed by atoms with van der Waals surface area (Å²) >= 11 is 0. The van der Waals surface area contributed by atoms with Gasteiger partial charge < -0.3 is 0 Å². The molecule has 1 N–H and O–H groups in total. The number of nitroso groups, excluding NO2 is 1. The van der Waals surface area contributed by atoms with Gasteiger partial charge >= 0.3 is 67.9 Å². The molecule has 0 saturated carbocycles. The monoisotopic (exact) mass is 160 g/mol. The summed E-state index contributed by atoms with van der Waals surface area (Å²) in [6, 6.07) is 7.49. The van der Waals surface area contributed by atoms with Gasteiger partial charge in [0, 0.05) is 0 Å². The van der Waals surface area contributed by atoms with Crippen LogP contribution in [0.5, 0.6) is 0 Å². The first kappa shape index (κ1) is 7.03. The predicted octanol–water partition coefficient (Wildman–Crippen LogP) is 1.86. The molecule has 2 aromatic rings. The predicted molar refractivity (Wildman–Crippen MR) is 47.0 cm³/mol. The number of nitrogens with zero attached hydrogens (tertiary/aromatic N) is 1. The average Bonchev–Trinajstić information content (AvgIpc) is 2.47. The van der Waals surface area contributed by atoms with Crippen LogP contribution in [0.1, 0.15) is 0 Å². The molecule has 0 unspecified atom stereocenters. The van der Waals surface area contributed by atoms with Crippen molar-refractivity contribution in [1.29, 1.82) is 0 Å². The van der Waals surface area contributed by atoms with Crippen molar-refractivity contribution in [2.45, 2.75) is 0 Å². The molecule has 0 aliphatic rings. The summed E-state index contributed by atoms with van der Waals surface area (Å²) in [4.78, 5) is 9.83. The number of anilines is 1. The van der Waals surface area contributed by atoms with Crippen molar-refractivity contribution in [3.63, 3.8) is 0 Å². The molecule has 1 aromatic carbocycles. The van der Waals surface area contributed by atoms with Crippen LogP contribution in [0, 0.1) is 4.91 Å². The van der Waals surface area contributed by atoms with Gasteiger partial charge in [-0.2, -0.15) is 0 Å². The molecule has 2 rings (SSSR count). The van der Waals surface area contributed by atoms with E-state index >= 15 is 0 Å². The minimum atomic E-state index is 0.367. The molecular weight excluding hydrogens is 155 g/mol. The first-order chi connectivity index (χ1) is 5.90. The number of rotatable bonds is 2. The van der Waals surface area contributed by atoms with E-state index in [0.717, 1.165) is 10.9 Å². The number of hydrogen-bond acceptors (Lipinski definition) is 3. The van der Waals surface area contributed by atoms with E-state index in [0.29, 0.717) is 5.78 Å². The second-order valence-electron chi connectivity index (χ2n) is 2.35. The summed E-state index contributed by atoms with van der Waals surface area (Å²) in [6.07, 6.45) is 0. The van der Waals surface area contributed by atoms with E-state index in [1.165, 1.54) is 0 Å². The molecule has 1 heterocycles. The molecule has 0 aliphatic heterocycles. The van der Waals surface area contributed by atoms with Crippen LogP contribution < -0.4 is 5.43 Å². The standard InChI is InChI=1S/C7H5BN2O2/c11-10-9-7-8-5-3-1-2-4-6(5)12-7/h1-4H,(H,9,11). The van der Waals surface area contributed by atoms with Crippen LogP contribution >= 0.6 is 0 Å². The third-order valence-electron chi connectivity index (χ3n) is 1.58. The van der Waals surface area contributed by atoms with Gasteiger partial charge in [-0.25, -0.2) is 0 Å². The molecule has 4 nitrogen and oxygen atoms in total. The molecule has 1 aromatic heterocycles. The van der Waals surface area contributed by atoms with Gasteiger partial charge in [-0.05, 0) is 0 Å². The van der Waals surface area contributed by atoms with E-state index < -0.39 is 0 Å². The van der Waals surface area contributed by atoms with Crippen LogP contribution in [-0.4, -0.2) is 6.91 Å². The zero-order valence-corrected chi connectivity index (χ0v) is 6.15. The van der Waals surface area contributed by atoms with Crippen LogP contribution in [-0.2, 0) is 0 Å². The van der Waals surface area contributed by atoms with E-state index in [2.05, 4.69) is 10.7 Å². The molecule has 0 amide bonds. The summed E-state index contributed by atoms with van der Waals surface area (Å²) in [7, 11) is 0. The van der Waals surface area contributed by atoms with Crippen LogP contribution in [0.4, 0.5) is 5.78 Å². The molecule has 0 spiro atoms. The van der Waals surface area contributed by atoms with Crippen LogP contribution in [0.15, 0.2) is 34.0 Å². The van der Waals surface area contributed by atoms with Crippen molar-refractivity contribution >= 4 is 23.6 Å². The number of para-hydroxylation sites is 1. The molecule has 0 aliphatic carbocycles. The Bertz CT molecular complexity index is 379. The molecule has 0 saturated heterocycles. The molecule has 0 atom stereocenters. The fourth-order valence-corrected chi connectivity index (χ4v) is 1.08. The zero-order chi connectivity index (χ0) is 8.39. The maximum absolute atomic E-state index is 9.83. The van der Waals surface area contributed by atoms with Crippen LogP contribution in [0.3, 0.4) is 0 Å². The molecule has 5 heteroatoms. The summed E-state index contributed by atoms with van der Waals surface area (Å²) in [5.41, 5.74) is 2.94. The normalized spacial score (nSPS) is 9.67. The maximum atomic E-state index is 9.83. The first-order valence-electron chi connectivity index (χ1n) is 3.47. The molecule has 58 valence electrons. The summed E-state index contributed by atoms with van der Waals surface area (Å²) in [5.74, 6) is 0.367. The minimum absolute atomic E-state index is 0.367. The molecular formula is C7H5BN2O2. The Labute approximate surface area is 68.7 Å². The van der Waals surface area contributed by atoms with Crippen molar-refractivity contribution in [3.05, 3.63) is 29.2 Å². The molecule has 0 bridgehead atoms. The third kappa shape index (κ3) is 1.09. The van der Waals surface area contributed by atoms with E-state index in [1.54, 1.807) is 6.91 Å². The summed E-state index contributed by atoms with van der Waals surface area (Å²) in [5, 5.41) is 3.46. The van der Waals surface area contributed by atoms with E-state index in [4.69, 9.17) is 4.42 Å². The Hall–Kier alpha value is -1.65. The number of hydrogen-bond donors (Lipinski definition) is 1. The fourth-order valence-electron chi connectivity index (χ4n) is 1.08. The van der Waals surface area contributed by atoms with Gasteiger partial charge in [0.15, 0.2) is 0 Å². The van der Waals surface area contributed by atoms with Crippen molar-refractivity contribution in [2.24, 2.45) is 5.29 Å². The first-order valence-corrected chi connectivity index (χ1v) is 3.47. The molecule has 12 heavy (non-hydrogen) atoms. The molecule has 0 fully saturated rings. The summed E-state index contributed by atoms with van der Waals surface area (Å²) in [6.45, 7) is 1.72. The van der Waals surface area contributed by atoms with Crippen molar-refractivity contribution < 1.29 is 4.42 Å². The number of fused-ring (bicyclic) bond motifs is 1. The van der Waals surface area contributed by atoms with Crippen molar-refractivity contribution in [1.82, 2.24) is 0 Å². The summed E-state index contributed by atoms with van der Waals surface area (Å²) < 4.78 is 5.20. The van der Waals surface area contributed by atoms with Crippen LogP contribution in [0.25, 0.3) is 10.9 Å². The second-order valence-corrected chi connectivity index (χ2v) is 2.35. The quantitative estimate of drug-likeness (QED) is 0.538. The SMILES string of the molecule is O=NNc1bc2ccccc2o1. The number of nitrogens with one attached hydrogen (secondary N) is 1. The van der Waals surface area contributed by atoms with Gasteiger partial charge in [0.1, 0.15) is 0 Å². The fraction of sp³-hybridized carbons (Fsp3) is 0. The van der Waals surface area contributed by atoms with E-state index in [1.807, 2.05) is 24.3 Å². The van der Waals surface area contributed by atoms with Crippen LogP contribution in [0.2, 0.25) is 0 Å². The van der Waals surface area contributed by atoms with Gasteiger partial charge in [-0.15, -0.1) is 0 Å². The van der Waals surface area contributed by atoms with Gasteiger partial charge in [0.05, 0.1) is 0 Å². The molecule has 0 radical (unpaired) electrons. The third-order valence-corrected chi connectivity index (χ3v) is 1.58. The topological polar surface area (TPSA) is 54.6 Å². The second kappa shape index (κ2) is 2.77. The Morgan fingerprint density at radius 3 is 3.00 bits per heavy atom. The average molecular weight is 160 g/mol. The Balaban J connectivity index is 2.54. The van der Waals surface area contributed by atoms with Crippen molar-refractivity contribution in [2.75, 3.05) is 5.43 Å². The van der Waals surface area contributed by atoms with Gasteiger partial charge in [0.25, 0.3) is 0 Å². The van der Waals surface area contributed by atoms with Crippen molar-refractivity contribution in [3.8, 4) is 0 Å². The van der Waals surface area contributed by atoms with Gasteiger partial charge in [-0.1, -0.05) is 0 Å². The Morgan fingerprint density at radius 1 is 1.42 bits per heavy atom. The van der Waals surface area contributed by atoms with E-state index in [-0.39, 0.29) is 0 Å². The van der Waals surface area contributed by atoms with Gasteiger partial charge in [0.2, 0.25) is 0 Å². The van der Waals surface area contributed by atoms with Gasteiger partial charge in [-0.3, -0.25) is 0 Å². The Kier molecular flexibility index (Phi) is 1.62.